The molecule has 1 spiro atoms. The summed E-state index contributed by atoms with van der Waals surface area (Å²) in [5.74, 6) is 1.28. The maximum Gasteiger partial charge on any atom is 0.340 e. The van der Waals surface area contributed by atoms with Gasteiger partial charge in [0.05, 0.1) is 18.2 Å². The highest BCUT2D eigenvalue weighted by molar-refractivity contribution is 6.06. The molecule has 5 heteroatoms. The van der Waals surface area contributed by atoms with Crippen LogP contribution in [-0.2, 0) is 10.3 Å². The molecule has 0 N–H and O–H groups in total. The maximum atomic E-state index is 13.6. The molecular weight excluding hydrogens is 428 g/mol. The number of hydrogen-bond donors (Lipinski definition) is 0. The highest BCUT2D eigenvalue weighted by Gasteiger charge is 2.54. The molecule has 0 aromatic heterocycles. The molecule has 4 aromatic carbocycles. The van der Waals surface area contributed by atoms with Crippen molar-refractivity contribution in [3.63, 3.8) is 0 Å². The van der Waals surface area contributed by atoms with E-state index >= 15 is 0 Å². The number of carbonyl (C=O) groups is 2. The molecule has 0 unspecified atom stereocenters. The minimum absolute atomic E-state index is 0.400. The third-order valence-corrected chi connectivity index (χ3v) is 6.67. The van der Waals surface area contributed by atoms with E-state index in [2.05, 4.69) is 0 Å². The Labute approximate surface area is 196 Å². The Morgan fingerprint density at radius 1 is 0.794 bits per heavy atom. The van der Waals surface area contributed by atoms with Crippen molar-refractivity contribution in [3.05, 3.63) is 112 Å². The van der Waals surface area contributed by atoms with Crippen LogP contribution in [0.5, 0.6) is 17.2 Å². The number of para-hydroxylation sites is 2. The van der Waals surface area contributed by atoms with Crippen LogP contribution in [0, 0.1) is 6.92 Å². The van der Waals surface area contributed by atoms with Crippen molar-refractivity contribution >= 4 is 12.3 Å². The summed E-state index contributed by atoms with van der Waals surface area (Å²) in [5, 5.41) is 0. The first-order chi connectivity index (χ1) is 16.6. The Morgan fingerprint density at radius 3 is 2.09 bits per heavy atom. The fraction of sp³-hybridized carbons (Fsp3) is 0.103. The van der Waals surface area contributed by atoms with Crippen LogP contribution in [-0.4, -0.2) is 19.4 Å². The molecule has 2 aliphatic heterocycles. The van der Waals surface area contributed by atoms with Crippen LogP contribution in [0.2, 0.25) is 0 Å². The topological polar surface area (TPSA) is 61.8 Å². The van der Waals surface area contributed by atoms with Gasteiger partial charge in [0.25, 0.3) is 0 Å². The third-order valence-electron chi connectivity index (χ3n) is 6.67. The first-order valence-corrected chi connectivity index (χ1v) is 11.0. The number of aldehydes is 1. The van der Waals surface area contributed by atoms with E-state index < -0.39 is 11.6 Å². The molecule has 0 saturated heterocycles. The lowest BCUT2D eigenvalue weighted by atomic mass is 9.76. The van der Waals surface area contributed by atoms with E-state index in [0.717, 1.165) is 28.5 Å². The minimum Gasteiger partial charge on any atom is -0.496 e. The standard InChI is InChI=1S/C29H20O5/c1-17-14-15-23(32-2)19(16-30)26(17)18-8-7-11-22-27(18)28(31)34-29(22)20-9-3-5-12-24(20)33-25-13-6-4-10-21(25)29/h3-16H,1-2H3. The fourth-order valence-electron chi connectivity index (χ4n) is 5.24. The van der Waals surface area contributed by atoms with Crippen molar-refractivity contribution in [2.75, 3.05) is 7.11 Å². The van der Waals surface area contributed by atoms with Crippen LogP contribution in [0.25, 0.3) is 11.1 Å². The van der Waals surface area contributed by atoms with Crippen molar-refractivity contribution in [1.29, 1.82) is 0 Å². The fourth-order valence-corrected chi connectivity index (χ4v) is 5.24. The number of methoxy groups -OCH3 is 1. The predicted octanol–water partition coefficient (Wildman–Crippen LogP) is 6.05. The maximum absolute atomic E-state index is 13.6. The second-order valence-corrected chi connectivity index (χ2v) is 8.38. The van der Waals surface area contributed by atoms with Gasteiger partial charge in [-0.3, -0.25) is 4.79 Å². The number of hydrogen-bond acceptors (Lipinski definition) is 5. The summed E-state index contributed by atoms with van der Waals surface area (Å²) in [6.45, 7) is 1.91. The molecule has 0 radical (unpaired) electrons. The first-order valence-electron chi connectivity index (χ1n) is 11.0. The number of benzene rings is 4. The zero-order valence-corrected chi connectivity index (χ0v) is 18.6. The smallest absolute Gasteiger partial charge is 0.340 e. The van der Waals surface area contributed by atoms with Gasteiger partial charge < -0.3 is 14.2 Å². The lowest BCUT2D eigenvalue weighted by Crippen LogP contribution is -2.32. The van der Waals surface area contributed by atoms with Crippen molar-refractivity contribution in [2.45, 2.75) is 12.5 Å². The summed E-state index contributed by atoms with van der Waals surface area (Å²) in [6.07, 6.45) is 0.773. The molecule has 0 aliphatic carbocycles. The molecule has 4 aromatic rings. The SMILES string of the molecule is COc1ccc(C)c(-c2cccc3c2C(=O)OC32c3ccccc3Oc3ccccc32)c1C=O. The van der Waals surface area contributed by atoms with Crippen LogP contribution < -0.4 is 9.47 Å². The second-order valence-electron chi connectivity index (χ2n) is 8.38. The largest absolute Gasteiger partial charge is 0.496 e. The molecule has 34 heavy (non-hydrogen) atoms. The molecule has 0 fully saturated rings. The molecule has 6 rings (SSSR count). The summed E-state index contributed by atoms with van der Waals surface area (Å²) in [4.78, 5) is 25.8. The quantitative estimate of drug-likeness (QED) is 0.282. The second kappa shape index (κ2) is 7.32. The van der Waals surface area contributed by atoms with Gasteiger partial charge in [-0.15, -0.1) is 0 Å². The molecular formula is C29H20O5. The Kier molecular flexibility index (Phi) is 4.36. The third kappa shape index (κ3) is 2.55. The predicted molar refractivity (Wildman–Crippen MR) is 127 cm³/mol. The van der Waals surface area contributed by atoms with Gasteiger partial charge in [-0.1, -0.05) is 60.7 Å². The summed E-state index contributed by atoms with van der Waals surface area (Å²) >= 11 is 0. The van der Waals surface area contributed by atoms with E-state index in [9.17, 15) is 9.59 Å². The number of aryl methyl sites for hydroxylation is 1. The van der Waals surface area contributed by atoms with Gasteiger partial charge in [0.2, 0.25) is 0 Å². The lowest BCUT2D eigenvalue weighted by molar-refractivity contribution is 0.0224. The van der Waals surface area contributed by atoms with Crippen LogP contribution in [0.3, 0.4) is 0 Å². The zero-order chi connectivity index (χ0) is 23.4. The van der Waals surface area contributed by atoms with E-state index in [-0.39, 0.29) is 0 Å². The highest BCUT2D eigenvalue weighted by atomic mass is 16.6. The highest BCUT2D eigenvalue weighted by Crippen LogP contribution is 2.57. The number of rotatable bonds is 3. The van der Waals surface area contributed by atoms with E-state index in [1.54, 1.807) is 6.07 Å². The van der Waals surface area contributed by atoms with Crippen molar-refractivity contribution in [1.82, 2.24) is 0 Å². The van der Waals surface area contributed by atoms with Crippen molar-refractivity contribution < 1.29 is 23.8 Å². The average molecular weight is 448 g/mol. The van der Waals surface area contributed by atoms with Crippen LogP contribution in [0.1, 0.15) is 43.0 Å². The Hall–Kier alpha value is -4.38. The van der Waals surface area contributed by atoms with Crippen LogP contribution in [0.15, 0.2) is 78.9 Å². The summed E-state index contributed by atoms with van der Waals surface area (Å²) in [5.41, 5.74) is 4.09. The number of esters is 1. The first kappa shape index (κ1) is 20.2. The normalized spacial score (nSPS) is 14.5. The molecule has 0 amide bonds. The van der Waals surface area contributed by atoms with Crippen molar-refractivity contribution in [2.24, 2.45) is 0 Å². The number of ether oxygens (including phenoxy) is 3. The van der Waals surface area contributed by atoms with Gasteiger partial charge in [0, 0.05) is 16.7 Å². The van der Waals surface area contributed by atoms with Gasteiger partial charge in [-0.25, -0.2) is 4.79 Å². The van der Waals surface area contributed by atoms with Gasteiger partial charge in [0.1, 0.15) is 17.2 Å². The van der Waals surface area contributed by atoms with Gasteiger partial charge in [-0.05, 0) is 41.8 Å². The summed E-state index contributed by atoms with van der Waals surface area (Å²) < 4.78 is 17.9. The molecule has 0 bridgehead atoms. The zero-order valence-electron chi connectivity index (χ0n) is 18.6. The van der Waals surface area contributed by atoms with E-state index in [1.807, 2.05) is 79.7 Å². The Bertz CT molecular complexity index is 1460. The minimum atomic E-state index is -1.15. The molecule has 2 heterocycles. The summed E-state index contributed by atoms with van der Waals surface area (Å²) in [6, 6.07) is 24.5. The number of fused-ring (bicyclic) bond motifs is 6. The van der Waals surface area contributed by atoms with Crippen molar-refractivity contribution in [3.8, 4) is 28.4 Å². The Balaban J connectivity index is 1.71. The molecule has 2 aliphatic rings. The average Bonchev–Trinajstić information content (AvgIpc) is 3.17. The lowest BCUT2D eigenvalue weighted by Gasteiger charge is -2.36. The van der Waals surface area contributed by atoms with E-state index in [0.29, 0.717) is 39.5 Å². The Morgan fingerprint density at radius 2 is 1.44 bits per heavy atom. The van der Waals surface area contributed by atoms with E-state index in [1.165, 1.54) is 7.11 Å². The monoisotopic (exact) mass is 448 g/mol. The summed E-state index contributed by atoms with van der Waals surface area (Å²) in [7, 11) is 1.52. The van der Waals surface area contributed by atoms with E-state index in [4.69, 9.17) is 14.2 Å². The van der Waals surface area contributed by atoms with Gasteiger partial charge in [0.15, 0.2) is 11.9 Å². The van der Waals surface area contributed by atoms with Gasteiger partial charge >= 0.3 is 5.97 Å². The van der Waals surface area contributed by atoms with Crippen LogP contribution >= 0.6 is 0 Å². The van der Waals surface area contributed by atoms with Gasteiger partial charge in [-0.2, -0.15) is 0 Å². The number of carbonyl (C=O) groups excluding carboxylic acids is 2. The molecule has 5 nitrogen and oxygen atoms in total. The molecule has 166 valence electrons. The molecule has 0 atom stereocenters. The molecule has 0 saturated carbocycles. The van der Waals surface area contributed by atoms with Crippen LogP contribution in [0.4, 0.5) is 0 Å².